The van der Waals surface area contributed by atoms with Gasteiger partial charge in [-0.05, 0) is 43.0 Å². The second kappa shape index (κ2) is 7.95. The van der Waals surface area contributed by atoms with E-state index in [0.29, 0.717) is 18.0 Å². The van der Waals surface area contributed by atoms with Crippen LogP contribution in [0, 0.1) is 13.8 Å². The molecule has 152 valence electrons. The molecular weight excluding hydrogens is 404 g/mol. The minimum Gasteiger partial charge on any atom is -0.315 e. The van der Waals surface area contributed by atoms with E-state index in [2.05, 4.69) is 4.99 Å². The first kappa shape index (κ1) is 20.2. The predicted molar refractivity (Wildman–Crippen MR) is 119 cm³/mol. The fourth-order valence-electron chi connectivity index (χ4n) is 3.88. The van der Waals surface area contributed by atoms with Gasteiger partial charge >= 0.3 is 0 Å². The third-order valence-corrected chi connectivity index (χ3v) is 8.59. The Kier molecular flexibility index (Phi) is 5.53. The molecule has 2 aromatic carbocycles. The van der Waals surface area contributed by atoms with Gasteiger partial charge in [0.15, 0.2) is 15.0 Å². The lowest BCUT2D eigenvalue weighted by Gasteiger charge is -2.26. The Balaban J connectivity index is 1.61. The third kappa shape index (κ3) is 4.41. The summed E-state index contributed by atoms with van der Waals surface area (Å²) in [5, 5.41) is 0.544. The van der Waals surface area contributed by atoms with Gasteiger partial charge in [0.05, 0.1) is 17.5 Å². The minimum absolute atomic E-state index is 0.0828. The highest BCUT2D eigenvalue weighted by molar-refractivity contribution is 8.16. The molecule has 0 unspecified atom stereocenters. The number of hydrogen-bond acceptors (Lipinski definition) is 4. The summed E-state index contributed by atoms with van der Waals surface area (Å²) in [5.41, 5.74) is 4.19. The molecule has 0 saturated carbocycles. The number of sulfone groups is 1. The summed E-state index contributed by atoms with van der Waals surface area (Å²) < 4.78 is 24.4. The first-order valence-corrected chi connectivity index (χ1v) is 12.4. The van der Waals surface area contributed by atoms with E-state index in [0.717, 1.165) is 22.4 Å². The Morgan fingerprint density at radius 3 is 2.66 bits per heavy atom. The monoisotopic (exact) mass is 428 g/mol. The molecule has 2 aliphatic rings. The molecule has 1 amide bonds. The van der Waals surface area contributed by atoms with Crippen LogP contribution in [0.25, 0.3) is 0 Å². The number of carbonyl (C=O) groups is 1. The van der Waals surface area contributed by atoms with Crippen molar-refractivity contribution in [2.24, 2.45) is 4.99 Å². The van der Waals surface area contributed by atoms with Crippen LogP contribution in [0.5, 0.6) is 0 Å². The molecule has 0 radical (unpaired) electrons. The highest BCUT2D eigenvalue weighted by atomic mass is 32.2. The molecule has 2 aliphatic heterocycles. The van der Waals surface area contributed by atoms with Gasteiger partial charge in [-0.15, -0.1) is 0 Å². The number of anilines is 1. The van der Waals surface area contributed by atoms with Crippen molar-refractivity contribution in [3.8, 4) is 0 Å². The number of thioether (sulfide) groups is 1. The van der Waals surface area contributed by atoms with Gasteiger partial charge in [-0.1, -0.05) is 54.2 Å². The smallest absolute Gasteiger partial charge is 0.248 e. The standard InChI is InChI=1S/C22H24N2O3S2/c1-15-8-9-16(2)18(12-15)24-19-13-29(26,27)14-20(19)28-22(24)23-21(25)11-10-17-6-4-3-5-7-17/h3-9,12,19-20H,10-11,13-14H2,1-2H3/t19-,20+/m0/s1. The maximum atomic E-state index is 12.6. The zero-order valence-corrected chi connectivity index (χ0v) is 18.2. The van der Waals surface area contributed by atoms with Gasteiger partial charge in [0.25, 0.3) is 0 Å². The lowest BCUT2D eigenvalue weighted by Crippen LogP contribution is -2.38. The Morgan fingerprint density at radius 2 is 1.90 bits per heavy atom. The number of amides is 1. The number of aliphatic imine (C=N–C) groups is 1. The Morgan fingerprint density at radius 1 is 1.14 bits per heavy atom. The average Bonchev–Trinajstić information content (AvgIpc) is 3.14. The normalized spacial score (nSPS) is 24.1. The Hall–Kier alpha value is -2.12. The molecule has 0 aromatic heterocycles. The van der Waals surface area contributed by atoms with Gasteiger partial charge in [-0.2, -0.15) is 4.99 Å². The molecule has 7 heteroatoms. The van der Waals surface area contributed by atoms with Crippen molar-refractivity contribution < 1.29 is 13.2 Å². The molecule has 0 N–H and O–H groups in total. The van der Waals surface area contributed by atoms with Gasteiger partial charge in [-0.25, -0.2) is 8.42 Å². The Labute approximate surface area is 176 Å². The highest BCUT2D eigenvalue weighted by Crippen LogP contribution is 2.42. The number of amidine groups is 1. The molecule has 0 aliphatic carbocycles. The molecule has 2 heterocycles. The number of rotatable bonds is 4. The van der Waals surface area contributed by atoms with E-state index in [1.807, 2.05) is 67.3 Å². The van der Waals surface area contributed by atoms with Gasteiger partial charge in [0.2, 0.25) is 5.91 Å². The summed E-state index contributed by atoms with van der Waals surface area (Å²) in [6, 6.07) is 15.8. The number of fused-ring (bicyclic) bond motifs is 1. The molecule has 0 bridgehead atoms. The second-order valence-corrected chi connectivity index (χ2v) is 11.1. The molecule has 2 aromatic rings. The lowest BCUT2D eigenvalue weighted by molar-refractivity contribution is -0.117. The van der Waals surface area contributed by atoms with E-state index < -0.39 is 9.84 Å². The van der Waals surface area contributed by atoms with E-state index >= 15 is 0 Å². The van der Waals surface area contributed by atoms with E-state index in [9.17, 15) is 13.2 Å². The van der Waals surface area contributed by atoms with Crippen LogP contribution < -0.4 is 4.90 Å². The first-order valence-electron chi connectivity index (χ1n) is 9.71. The molecule has 5 nitrogen and oxygen atoms in total. The SMILES string of the molecule is Cc1ccc(C)c(N2C(=NC(=O)CCc3ccccc3)S[C@@H]3CS(=O)(=O)C[C@@H]32)c1. The second-order valence-electron chi connectivity index (χ2n) is 7.73. The predicted octanol–water partition coefficient (Wildman–Crippen LogP) is 3.54. The van der Waals surface area contributed by atoms with Crippen molar-refractivity contribution in [2.75, 3.05) is 16.4 Å². The maximum absolute atomic E-state index is 12.6. The number of carbonyl (C=O) groups excluding carboxylic acids is 1. The van der Waals surface area contributed by atoms with Crippen LogP contribution in [0.1, 0.15) is 23.1 Å². The van der Waals surface area contributed by atoms with Gasteiger partial charge < -0.3 is 4.90 Å². The fourth-order valence-corrected chi connectivity index (χ4v) is 7.81. The van der Waals surface area contributed by atoms with Crippen LogP contribution in [0.2, 0.25) is 0 Å². The topological polar surface area (TPSA) is 66.8 Å². The minimum atomic E-state index is -3.07. The van der Waals surface area contributed by atoms with Crippen molar-refractivity contribution in [1.82, 2.24) is 0 Å². The van der Waals surface area contributed by atoms with Crippen molar-refractivity contribution >= 4 is 38.4 Å². The fraction of sp³-hybridized carbons (Fsp3) is 0.364. The van der Waals surface area contributed by atoms with Gasteiger partial charge in [0.1, 0.15) is 0 Å². The maximum Gasteiger partial charge on any atom is 0.248 e. The van der Waals surface area contributed by atoms with Crippen molar-refractivity contribution in [1.29, 1.82) is 0 Å². The summed E-state index contributed by atoms with van der Waals surface area (Å²) in [6.45, 7) is 4.02. The number of hydrogen-bond donors (Lipinski definition) is 0. The summed E-state index contributed by atoms with van der Waals surface area (Å²) in [4.78, 5) is 19.0. The molecule has 2 saturated heterocycles. The lowest BCUT2D eigenvalue weighted by atomic mass is 10.1. The molecule has 4 rings (SSSR count). The van der Waals surface area contributed by atoms with E-state index in [4.69, 9.17) is 0 Å². The van der Waals surface area contributed by atoms with Gasteiger partial charge in [-0.3, -0.25) is 4.79 Å². The zero-order chi connectivity index (χ0) is 20.6. The summed E-state index contributed by atoms with van der Waals surface area (Å²) in [7, 11) is -3.07. The molecule has 29 heavy (non-hydrogen) atoms. The zero-order valence-electron chi connectivity index (χ0n) is 16.5. The summed E-state index contributed by atoms with van der Waals surface area (Å²) >= 11 is 1.43. The third-order valence-electron chi connectivity index (χ3n) is 5.38. The number of benzene rings is 2. The largest absolute Gasteiger partial charge is 0.315 e. The van der Waals surface area contributed by atoms with Crippen molar-refractivity contribution in [2.45, 2.75) is 38.0 Å². The Bertz CT molecular complexity index is 1060. The van der Waals surface area contributed by atoms with Crippen LogP contribution >= 0.6 is 11.8 Å². The molecule has 2 fully saturated rings. The van der Waals surface area contributed by atoms with Crippen LogP contribution in [0.4, 0.5) is 5.69 Å². The van der Waals surface area contributed by atoms with Crippen molar-refractivity contribution in [3.63, 3.8) is 0 Å². The summed E-state index contributed by atoms with van der Waals surface area (Å²) in [6.07, 6.45) is 0.980. The van der Waals surface area contributed by atoms with Crippen LogP contribution in [0.3, 0.4) is 0 Å². The number of nitrogens with zero attached hydrogens (tertiary/aromatic N) is 2. The average molecular weight is 429 g/mol. The van der Waals surface area contributed by atoms with Crippen LogP contribution in [0.15, 0.2) is 53.5 Å². The molecular formula is C22H24N2O3S2. The molecule has 2 atom stereocenters. The van der Waals surface area contributed by atoms with Crippen LogP contribution in [-0.4, -0.2) is 42.3 Å². The van der Waals surface area contributed by atoms with E-state index in [1.54, 1.807) is 0 Å². The summed E-state index contributed by atoms with van der Waals surface area (Å²) in [5.74, 6) is 0.0745. The van der Waals surface area contributed by atoms with E-state index in [1.165, 1.54) is 11.8 Å². The van der Waals surface area contributed by atoms with E-state index in [-0.39, 0.29) is 28.7 Å². The van der Waals surface area contributed by atoms with Crippen molar-refractivity contribution in [3.05, 3.63) is 65.2 Å². The van der Waals surface area contributed by atoms with Crippen LogP contribution in [-0.2, 0) is 21.1 Å². The quantitative estimate of drug-likeness (QED) is 0.745. The highest BCUT2D eigenvalue weighted by Gasteiger charge is 2.49. The molecule has 0 spiro atoms. The first-order chi connectivity index (χ1) is 13.8. The number of aryl methyl sites for hydroxylation is 3. The van der Waals surface area contributed by atoms with Gasteiger partial charge in [0, 0.05) is 17.4 Å².